The maximum absolute atomic E-state index is 10.3. The van der Waals surface area contributed by atoms with Crippen LogP contribution < -0.4 is 0 Å². The average Bonchev–Trinajstić information content (AvgIpc) is 3.10. The molecule has 0 radical (unpaired) electrons. The maximum atomic E-state index is 10.3. The lowest BCUT2D eigenvalue weighted by atomic mass is 9.60. The van der Waals surface area contributed by atoms with Crippen molar-refractivity contribution in [2.24, 2.45) is 23.2 Å². The lowest BCUT2D eigenvalue weighted by Gasteiger charge is -2.45. The number of aliphatic hydroxyl groups excluding tert-OH is 2. The van der Waals surface area contributed by atoms with Crippen LogP contribution in [0.25, 0.3) is 0 Å². The third-order valence-corrected chi connectivity index (χ3v) is 9.60. The highest BCUT2D eigenvalue weighted by Crippen LogP contribution is 2.60. The van der Waals surface area contributed by atoms with Crippen molar-refractivity contribution in [2.45, 2.75) is 141 Å². The van der Waals surface area contributed by atoms with E-state index in [0.717, 1.165) is 56.1 Å². The summed E-state index contributed by atoms with van der Waals surface area (Å²) in [6.07, 6.45) is 16.5. The molecule has 1 unspecified atom stereocenters. The van der Waals surface area contributed by atoms with Gasteiger partial charge in [-0.3, -0.25) is 0 Å². The monoisotopic (exact) mass is 502 g/mol. The van der Waals surface area contributed by atoms with E-state index in [1.54, 1.807) is 0 Å². The van der Waals surface area contributed by atoms with E-state index in [4.69, 9.17) is 0 Å². The first-order valence-corrected chi connectivity index (χ1v) is 14.6. The summed E-state index contributed by atoms with van der Waals surface area (Å²) in [5.41, 5.74) is 2.36. The molecule has 4 heteroatoms. The number of rotatable bonds is 10. The van der Waals surface area contributed by atoms with E-state index in [2.05, 4.69) is 25.7 Å². The molecular formula is C32H54O4. The van der Waals surface area contributed by atoms with Crippen LogP contribution in [0.2, 0.25) is 0 Å². The number of hydrogen-bond acceptors (Lipinski definition) is 4. The van der Waals surface area contributed by atoms with E-state index >= 15 is 0 Å². The minimum absolute atomic E-state index is 0.291. The van der Waals surface area contributed by atoms with Gasteiger partial charge in [0.25, 0.3) is 0 Å². The van der Waals surface area contributed by atoms with Gasteiger partial charge >= 0.3 is 0 Å². The Labute approximate surface area is 220 Å². The smallest absolute Gasteiger partial charge is 0.0811 e. The molecule has 3 rings (SSSR count). The van der Waals surface area contributed by atoms with Gasteiger partial charge in [-0.25, -0.2) is 0 Å². The van der Waals surface area contributed by atoms with Gasteiger partial charge in [-0.15, -0.1) is 0 Å². The molecule has 3 saturated carbocycles. The number of aliphatic hydroxyl groups is 4. The summed E-state index contributed by atoms with van der Waals surface area (Å²) in [5.74, 6) is 1.90. The standard InChI is InChI=1S/C32H54O4/c1-22-25(20-26(33)21-29(22)34)14-13-24-12-9-19-32(6)27(15-16-28(24)32)23(10-7-17-30(2,3)35)11-8-18-31(4,5)36/h13-14,23,26-29,33-36H,1,7-12,15-21H2,2-6H3/b24-13+,25-14-/t26-,27-,28+,29?,32-/m1/s1. The summed E-state index contributed by atoms with van der Waals surface area (Å²) in [4.78, 5) is 0. The van der Waals surface area contributed by atoms with Gasteiger partial charge in [-0.05, 0) is 113 Å². The van der Waals surface area contributed by atoms with Gasteiger partial charge in [-0.1, -0.05) is 56.9 Å². The Kier molecular flexibility index (Phi) is 9.74. The molecule has 3 aliphatic rings. The fraction of sp³-hybridized carbons (Fsp3) is 0.812. The zero-order chi connectivity index (χ0) is 26.7. The summed E-state index contributed by atoms with van der Waals surface area (Å²) in [5, 5.41) is 40.9. The first kappa shape index (κ1) is 29.6. The fourth-order valence-electron chi connectivity index (χ4n) is 7.66. The number of hydrogen-bond donors (Lipinski definition) is 4. The van der Waals surface area contributed by atoms with Crippen LogP contribution in [0.4, 0.5) is 0 Å². The number of fused-ring (bicyclic) bond motifs is 1. The van der Waals surface area contributed by atoms with Crippen LogP contribution in [-0.4, -0.2) is 43.8 Å². The van der Waals surface area contributed by atoms with Gasteiger partial charge < -0.3 is 20.4 Å². The first-order valence-electron chi connectivity index (χ1n) is 14.6. The Hall–Kier alpha value is -0.940. The molecule has 3 aliphatic carbocycles. The Morgan fingerprint density at radius 2 is 1.61 bits per heavy atom. The molecule has 0 aromatic heterocycles. The van der Waals surface area contributed by atoms with Gasteiger partial charge in [0, 0.05) is 6.42 Å². The van der Waals surface area contributed by atoms with E-state index in [1.165, 1.54) is 31.3 Å². The Balaban J connectivity index is 1.77. The Morgan fingerprint density at radius 3 is 2.19 bits per heavy atom. The van der Waals surface area contributed by atoms with Crippen molar-refractivity contribution in [3.05, 3.63) is 35.5 Å². The summed E-state index contributed by atoms with van der Waals surface area (Å²) in [6, 6.07) is 0. The van der Waals surface area contributed by atoms with Crippen LogP contribution in [-0.2, 0) is 0 Å². The molecule has 0 heterocycles. The zero-order valence-corrected chi connectivity index (χ0v) is 23.7. The Bertz CT molecular complexity index is 791. The van der Waals surface area contributed by atoms with Gasteiger partial charge in [0.05, 0.1) is 23.4 Å². The molecule has 0 spiro atoms. The predicted octanol–water partition coefficient (Wildman–Crippen LogP) is 6.63. The van der Waals surface area contributed by atoms with Crippen molar-refractivity contribution in [1.82, 2.24) is 0 Å². The molecule has 36 heavy (non-hydrogen) atoms. The highest BCUT2D eigenvalue weighted by Gasteiger charge is 2.51. The lowest BCUT2D eigenvalue weighted by Crippen LogP contribution is -2.37. The van der Waals surface area contributed by atoms with Crippen LogP contribution in [0.1, 0.15) is 118 Å². The second-order valence-corrected chi connectivity index (χ2v) is 13.8. The summed E-state index contributed by atoms with van der Waals surface area (Å²) in [6.45, 7) is 14.3. The van der Waals surface area contributed by atoms with Crippen LogP contribution in [0, 0.1) is 23.2 Å². The quantitative estimate of drug-likeness (QED) is 0.270. The second kappa shape index (κ2) is 11.8. The lowest BCUT2D eigenvalue weighted by molar-refractivity contribution is 0.0480. The molecule has 0 aromatic carbocycles. The summed E-state index contributed by atoms with van der Waals surface area (Å²) < 4.78 is 0. The second-order valence-electron chi connectivity index (χ2n) is 13.8. The van der Waals surface area contributed by atoms with Gasteiger partial charge in [0.2, 0.25) is 0 Å². The molecule has 0 bridgehead atoms. The van der Waals surface area contributed by atoms with Crippen molar-refractivity contribution >= 4 is 0 Å². The third-order valence-electron chi connectivity index (χ3n) is 9.60. The Morgan fingerprint density at radius 1 is 1.00 bits per heavy atom. The average molecular weight is 503 g/mol. The fourth-order valence-corrected chi connectivity index (χ4v) is 7.66. The first-order chi connectivity index (χ1) is 16.7. The minimum atomic E-state index is -0.639. The molecule has 3 fully saturated rings. The van der Waals surface area contributed by atoms with E-state index in [0.29, 0.717) is 36.0 Å². The molecule has 5 atom stereocenters. The molecular weight excluding hydrogens is 448 g/mol. The summed E-state index contributed by atoms with van der Waals surface area (Å²) >= 11 is 0. The molecule has 0 aromatic rings. The SMILES string of the molecule is C=C1/C(=C\C=C2/CCC[C@]3(C)[C@@H](C(CCCC(C)(C)O)CCCC(C)(C)O)CC[C@@H]23)C[C@@H](O)CC1O. The third kappa shape index (κ3) is 7.79. The van der Waals surface area contributed by atoms with E-state index in [1.807, 2.05) is 27.7 Å². The molecule has 0 aliphatic heterocycles. The van der Waals surface area contributed by atoms with Crippen LogP contribution >= 0.6 is 0 Å². The summed E-state index contributed by atoms with van der Waals surface area (Å²) in [7, 11) is 0. The predicted molar refractivity (Wildman–Crippen MR) is 149 cm³/mol. The van der Waals surface area contributed by atoms with Gasteiger partial charge in [-0.2, -0.15) is 0 Å². The van der Waals surface area contributed by atoms with Gasteiger partial charge in [0.15, 0.2) is 0 Å². The maximum Gasteiger partial charge on any atom is 0.0811 e. The molecule has 0 saturated heterocycles. The largest absolute Gasteiger partial charge is 0.393 e. The van der Waals surface area contributed by atoms with Crippen molar-refractivity contribution in [2.75, 3.05) is 0 Å². The van der Waals surface area contributed by atoms with E-state index in [9.17, 15) is 20.4 Å². The van der Waals surface area contributed by atoms with E-state index < -0.39 is 23.4 Å². The molecule has 4 nitrogen and oxygen atoms in total. The minimum Gasteiger partial charge on any atom is -0.393 e. The topological polar surface area (TPSA) is 80.9 Å². The molecule has 206 valence electrons. The van der Waals surface area contributed by atoms with Gasteiger partial charge in [0.1, 0.15) is 0 Å². The van der Waals surface area contributed by atoms with Crippen molar-refractivity contribution < 1.29 is 20.4 Å². The van der Waals surface area contributed by atoms with Crippen LogP contribution in [0.3, 0.4) is 0 Å². The van der Waals surface area contributed by atoms with Crippen molar-refractivity contribution in [3.8, 4) is 0 Å². The highest BCUT2D eigenvalue weighted by molar-refractivity contribution is 5.38. The highest BCUT2D eigenvalue weighted by atomic mass is 16.3. The molecule has 4 N–H and O–H groups in total. The molecule has 0 amide bonds. The van der Waals surface area contributed by atoms with Crippen LogP contribution in [0.5, 0.6) is 0 Å². The number of allylic oxidation sites excluding steroid dienone is 3. The zero-order valence-electron chi connectivity index (χ0n) is 23.7. The van der Waals surface area contributed by atoms with E-state index in [-0.39, 0.29) is 0 Å². The normalized spacial score (nSPS) is 34.1. The van der Waals surface area contributed by atoms with Crippen LogP contribution in [0.15, 0.2) is 35.5 Å². The van der Waals surface area contributed by atoms with Crippen molar-refractivity contribution in [1.29, 1.82) is 0 Å². The van der Waals surface area contributed by atoms with Crippen molar-refractivity contribution in [3.63, 3.8) is 0 Å².